The van der Waals surface area contributed by atoms with E-state index < -0.39 is 30.7 Å². The third kappa shape index (κ3) is 8.26. The Morgan fingerprint density at radius 1 is 0.897 bits per heavy atom. The molecule has 0 unspecified atom stereocenters. The first-order valence-corrected chi connectivity index (χ1v) is 24.1. The molecule has 2 aliphatic rings. The van der Waals surface area contributed by atoms with Crippen molar-refractivity contribution >= 4 is 31.0 Å². The summed E-state index contributed by atoms with van der Waals surface area (Å²) in [5, 5.41) is 12.4. The number of imidazole rings is 2. The van der Waals surface area contributed by atoms with Crippen molar-refractivity contribution in [1.29, 1.82) is 0 Å². The van der Waals surface area contributed by atoms with Crippen LogP contribution in [0.2, 0.25) is 25.7 Å². The lowest BCUT2D eigenvalue weighted by molar-refractivity contribution is 0.00957. The number of hydrogen-bond acceptors (Lipinski definition) is 8. The van der Waals surface area contributed by atoms with Crippen LogP contribution in [0.4, 0.5) is 9.59 Å². The third-order valence-electron chi connectivity index (χ3n) is 11.4. The molecule has 7 rings (SSSR count). The van der Waals surface area contributed by atoms with Gasteiger partial charge in [-0.2, -0.15) is 0 Å². The van der Waals surface area contributed by atoms with Crippen LogP contribution < -0.4 is 0 Å². The Hall–Kier alpha value is -5.08. The molecule has 2 atom stereocenters. The quantitative estimate of drug-likeness (QED) is 0.104. The SMILES string of the molecule is CC(C)(C)OC(=O)N1CCC[C@H]1c1nc(-c2ccc(-c3cc4ccc(-c5cnc([C@@]6(C(C)(C)C)CCCN6C(=O)O)n5COCC[Si](C)(C)C)cc4cn3)nc2)c[nH]1. The Bertz CT molecular complexity index is 2280. The molecule has 4 aromatic heterocycles. The first-order valence-electron chi connectivity index (χ1n) is 20.4. The number of carboxylic acid groups (broad SMARTS) is 1. The van der Waals surface area contributed by atoms with E-state index in [0.29, 0.717) is 26.1 Å². The number of aromatic amines is 1. The van der Waals surface area contributed by atoms with Crippen molar-refractivity contribution in [2.75, 3.05) is 19.7 Å². The number of H-pyrrole nitrogens is 1. The maximum Gasteiger partial charge on any atom is 0.410 e. The zero-order valence-electron chi connectivity index (χ0n) is 35.4. The van der Waals surface area contributed by atoms with Gasteiger partial charge < -0.3 is 24.1 Å². The van der Waals surface area contributed by atoms with Gasteiger partial charge in [0, 0.05) is 62.9 Å². The molecule has 6 heterocycles. The fraction of sp³-hybridized carbons (Fsp3) is 0.500. The maximum atomic E-state index is 12.9. The lowest BCUT2D eigenvalue weighted by Gasteiger charge is -2.46. The molecule has 5 aromatic rings. The third-order valence-corrected chi connectivity index (χ3v) is 13.1. The van der Waals surface area contributed by atoms with Crippen LogP contribution in [0.3, 0.4) is 0 Å². The molecule has 0 spiro atoms. The summed E-state index contributed by atoms with van der Waals surface area (Å²) >= 11 is 0. The summed E-state index contributed by atoms with van der Waals surface area (Å²) in [5.41, 5.74) is 3.13. The highest BCUT2D eigenvalue weighted by Crippen LogP contribution is 2.51. The molecular weight excluding hydrogens is 749 g/mol. The van der Waals surface area contributed by atoms with E-state index in [2.05, 4.69) is 68.2 Å². The van der Waals surface area contributed by atoms with E-state index in [1.165, 1.54) is 0 Å². The number of nitrogens with zero attached hydrogens (tertiary/aromatic N) is 7. The lowest BCUT2D eigenvalue weighted by atomic mass is 9.71. The number of likely N-dealkylation sites (tertiary alicyclic amines) is 2. The average Bonchev–Trinajstić information content (AvgIpc) is 3.97. The van der Waals surface area contributed by atoms with Gasteiger partial charge in [0.05, 0.1) is 35.0 Å². The van der Waals surface area contributed by atoms with Gasteiger partial charge in [0.25, 0.3) is 0 Å². The topological polar surface area (TPSA) is 152 Å². The number of aromatic nitrogens is 6. The number of hydrogen-bond donors (Lipinski definition) is 2. The average molecular weight is 807 g/mol. The number of benzene rings is 1. The van der Waals surface area contributed by atoms with Gasteiger partial charge in [-0.25, -0.2) is 19.6 Å². The normalized spacial score (nSPS) is 19.0. The minimum absolute atomic E-state index is 0.163. The molecule has 58 heavy (non-hydrogen) atoms. The molecule has 2 saturated heterocycles. The number of rotatable bonds is 10. The molecule has 0 radical (unpaired) electrons. The Balaban J connectivity index is 1.14. The van der Waals surface area contributed by atoms with Gasteiger partial charge in [0.2, 0.25) is 0 Å². The van der Waals surface area contributed by atoms with Gasteiger partial charge >= 0.3 is 12.2 Å². The van der Waals surface area contributed by atoms with Gasteiger partial charge in [-0.15, -0.1) is 0 Å². The number of nitrogens with one attached hydrogen (secondary N) is 1. The monoisotopic (exact) mass is 806 g/mol. The summed E-state index contributed by atoms with van der Waals surface area (Å²) in [6.45, 7) is 20.9. The van der Waals surface area contributed by atoms with Crippen LogP contribution >= 0.6 is 0 Å². The van der Waals surface area contributed by atoms with Crippen molar-refractivity contribution in [3.05, 3.63) is 72.8 Å². The van der Waals surface area contributed by atoms with E-state index in [4.69, 9.17) is 29.4 Å². The summed E-state index contributed by atoms with van der Waals surface area (Å²) in [5.74, 6) is 1.46. The van der Waals surface area contributed by atoms with Crippen molar-refractivity contribution < 1.29 is 24.2 Å². The Labute approximate surface area is 342 Å². The van der Waals surface area contributed by atoms with Gasteiger partial charge in [0.15, 0.2) is 0 Å². The fourth-order valence-corrected chi connectivity index (χ4v) is 9.17. The molecule has 2 amide bonds. The summed E-state index contributed by atoms with van der Waals surface area (Å²) in [6.07, 6.45) is 9.31. The van der Waals surface area contributed by atoms with E-state index >= 15 is 0 Å². The van der Waals surface area contributed by atoms with Crippen LogP contribution in [0.1, 0.15) is 84.9 Å². The number of carbonyl (C=O) groups excluding carboxylic acids is 1. The molecule has 1 aromatic carbocycles. The molecule has 14 heteroatoms. The predicted octanol–water partition coefficient (Wildman–Crippen LogP) is 9.95. The van der Waals surface area contributed by atoms with Crippen LogP contribution in [0.5, 0.6) is 0 Å². The second-order valence-corrected chi connectivity index (χ2v) is 24.6. The van der Waals surface area contributed by atoms with Crippen LogP contribution in [-0.4, -0.2) is 90.0 Å². The smallest absolute Gasteiger partial charge is 0.410 e. The predicted molar refractivity (Wildman–Crippen MR) is 228 cm³/mol. The van der Waals surface area contributed by atoms with Gasteiger partial charge in [0.1, 0.15) is 29.5 Å². The molecule has 2 fully saturated rings. The number of fused-ring (bicyclic) bond motifs is 1. The summed E-state index contributed by atoms with van der Waals surface area (Å²) < 4.78 is 14.1. The van der Waals surface area contributed by atoms with E-state index in [1.54, 1.807) is 16.0 Å². The Morgan fingerprint density at radius 3 is 2.34 bits per heavy atom. The minimum atomic E-state index is -1.33. The van der Waals surface area contributed by atoms with E-state index in [0.717, 1.165) is 81.6 Å². The van der Waals surface area contributed by atoms with Crippen molar-refractivity contribution in [3.63, 3.8) is 0 Å². The Kier molecular flexibility index (Phi) is 11.0. The largest absolute Gasteiger partial charge is 0.465 e. The Morgan fingerprint density at radius 2 is 1.66 bits per heavy atom. The molecule has 0 saturated carbocycles. The van der Waals surface area contributed by atoms with Crippen molar-refractivity contribution in [2.45, 2.75) is 117 Å². The molecule has 0 aliphatic carbocycles. The molecule has 0 bridgehead atoms. The van der Waals surface area contributed by atoms with Gasteiger partial charge in [-0.05, 0) is 87.6 Å². The number of pyridine rings is 2. The maximum absolute atomic E-state index is 12.9. The molecule has 2 aliphatic heterocycles. The van der Waals surface area contributed by atoms with Crippen molar-refractivity contribution in [3.8, 4) is 33.9 Å². The van der Waals surface area contributed by atoms with Crippen LogP contribution in [0, 0.1) is 5.41 Å². The highest BCUT2D eigenvalue weighted by atomic mass is 28.3. The van der Waals surface area contributed by atoms with Gasteiger partial charge in [-0.3, -0.25) is 19.8 Å². The number of amides is 2. The molecule has 13 nitrogen and oxygen atoms in total. The highest BCUT2D eigenvalue weighted by Gasteiger charge is 2.56. The van der Waals surface area contributed by atoms with Gasteiger partial charge in [-0.1, -0.05) is 52.5 Å². The minimum Gasteiger partial charge on any atom is -0.465 e. The highest BCUT2D eigenvalue weighted by molar-refractivity contribution is 6.76. The number of ether oxygens (including phenoxy) is 2. The zero-order chi connectivity index (χ0) is 41.6. The second-order valence-electron chi connectivity index (χ2n) is 19.0. The zero-order valence-corrected chi connectivity index (χ0v) is 36.4. The summed E-state index contributed by atoms with van der Waals surface area (Å²) in [6, 6.07) is 13.1. The molecular formula is C44H58N8O5Si. The first kappa shape index (κ1) is 41.1. The van der Waals surface area contributed by atoms with E-state index in [9.17, 15) is 14.7 Å². The molecule has 2 N–H and O–H groups in total. The van der Waals surface area contributed by atoms with E-state index in [-0.39, 0.29) is 18.9 Å². The first-order chi connectivity index (χ1) is 27.3. The van der Waals surface area contributed by atoms with Crippen LogP contribution in [-0.2, 0) is 21.7 Å². The van der Waals surface area contributed by atoms with Crippen molar-refractivity contribution in [2.24, 2.45) is 5.41 Å². The summed E-state index contributed by atoms with van der Waals surface area (Å²) in [4.78, 5) is 51.7. The molecule has 308 valence electrons. The van der Waals surface area contributed by atoms with Crippen LogP contribution in [0.25, 0.3) is 44.7 Å². The lowest BCUT2D eigenvalue weighted by Crippen LogP contribution is -2.54. The van der Waals surface area contributed by atoms with E-state index in [1.807, 2.05) is 57.6 Å². The standard InChI is InChI=1S/C44H58N8O5Si/c1-42(2,3)44(17-11-19-52(44)40(53)54)39-48-27-37(51(39)28-56-20-21-58(7,8)9)30-14-13-29-23-34(46-25-32(29)22-30)33-16-15-31(24-45-33)35-26-47-38(49-35)36-12-10-18-50(36)41(55)57-43(4,5)6/h13-16,22-27,36H,10-12,17-21,28H2,1-9H3,(H,47,49)(H,53,54)/t36-,44+/m0/s1. The fourth-order valence-electron chi connectivity index (χ4n) is 8.41. The summed E-state index contributed by atoms with van der Waals surface area (Å²) in [7, 11) is -1.33. The second kappa shape index (κ2) is 15.6. The number of carbonyl (C=O) groups is 2. The van der Waals surface area contributed by atoms with Crippen LogP contribution in [0.15, 0.2) is 61.2 Å². The van der Waals surface area contributed by atoms with Crippen molar-refractivity contribution in [1.82, 2.24) is 39.3 Å².